The number of halogens is 1. The molecule has 7 heteroatoms. The Morgan fingerprint density at radius 2 is 2.27 bits per heavy atom. The van der Waals surface area contributed by atoms with Crippen molar-refractivity contribution in [3.05, 3.63) is 32.1 Å². The van der Waals surface area contributed by atoms with E-state index >= 15 is 0 Å². The van der Waals surface area contributed by atoms with Gasteiger partial charge in [-0.05, 0) is 4.92 Å². The highest BCUT2D eigenvalue weighted by Gasteiger charge is 2.26. The van der Waals surface area contributed by atoms with Crippen LogP contribution in [-0.2, 0) is 5.41 Å². The molecule has 0 aliphatic rings. The van der Waals surface area contributed by atoms with E-state index in [1.807, 2.05) is 0 Å². The summed E-state index contributed by atoms with van der Waals surface area (Å²) in [5.41, 5.74) is -0.812. The van der Waals surface area contributed by atoms with E-state index in [9.17, 15) is 14.9 Å². The highest BCUT2D eigenvalue weighted by atomic mass is 35.5. The summed E-state index contributed by atoms with van der Waals surface area (Å²) >= 11 is 5.69. The lowest BCUT2D eigenvalue weighted by molar-refractivity contribution is -0.390. The van der Waals surface area contributed by atoms with Gasteiger partial charge in [-0.25, -0.2) is 0 Å². The first kappa shape index (κ1) is 11.6. The molecule has 1 rings (SSSR count). The van der Waals surface area contributed by atoms with E-state index in [0.717, 1.165) is 6.07 Å². The number of alkyl halides is 1. The Hall–Kier alpha value is -1.43. The number of nitrogens with zero attached hydrogens (tertiary/aromatic N) is 2. The predicted octanol–water partition coefficient (Wildman–Crippen LogP) is 1.19. The summed E-state index contributed by atoms with van der Waals surface area (Å²) in [6.45, 7) is 3.46. The third-order valence-electron chi connectivity index (χ3n) is 2.04. The Labute approximate surface area is 90.4 Å². The first-order valence-electron chi connectivity index (χ1n) is 4.19. The summed E-state index contributed by atoms with van der Waals surface area (Å²) in [4.78, 5) is 21.2. The van der Waals surface area contributed by atoms with Gasteiger partial charge >= 0.3 is 5.82 Å². The standard InChI is InChI=1S/C8H10ClN3O3/c1-8(2,4-9)5-3-6(12(14)15)10-11-7(5)13/h3H,4H2,1-2H3,(H,11,13). The van der Waals surface area contributed by atoms with Gasteiger partial charge in [-0.3, -0.25) is 4.79 Å². The first-order chi connectivity index (χ1) is 6.88. The van der Waals surface area contributed by atoms with Crippen molar-refractivity contribution in [1.82, 2.24) is 10.2 Å². The van der Waals surface area contributed by atoms with E-state index in [-0.39, 0.29) is 17.3 Å². The van der Waals surface area contributed by atoms with Crippen LogP contribution in [0.25, 0.3) is 0 Å². The lowest BCUT2D eigenvalue weighted by Crippen LogP contribution is -2.29. The zero-order valence-electron chi connectivity index (χ0n) is 8.28. The predicted molar refractivity (Wildman–Crippen MR) is 55.3 cm³/mol. The molecule has 0 aliphatic carbocycles. The van der Waals surface area contributed by atoms with Crippen molar-refractivity contribution in [2.45, 2.75) is 19.3 Å². The number of nitro groups is 1. The SMILES string of the molecule is CC(C)(CCl)c1cc([N+](=O)[O-])n[nH]c1=O. The van der Waals surface area contributed by atoms with E-state index < -0.39 is 15.9 Å². The molecule has 0 atom stereocenters. The van der Waals surface area contributed by atoms with E-state index in [2.05, 4.69) is 10.2 Å². The zero-order chi connectivity index (χ0) is 11.6. The molecule has 0 spiro atoms. The summed E-state index contributed by atoms with van der Waals surface area (Å²) in [5.74, 6) is -0.195. The molecule has 0 aromatic carbocycles. The van der Waals surface area contributed by atoms with Crippen LogP contribution in [0.4, 0.5) is 5.82 Å². The van der Waals surface area contributed by atoms with Gasteiger partial charge in [-0.15, -0.1) is 16.7 Å². The Bertz CT molecular complexity index is 441. The maximum absolute atomic E-state index is 11.4. The molecular formula is C8H10ClN3O3. The van der Waals surface area contributed by atoms with Crippen LogP contribution in [-0.4, -0.2) is 21.0 Å². The maximum Gasteiger partial charge on any atom is 0.388 e. The number of rotatable bonds is 3. The van der Waals surface area contributed by atoms with Crippen molar-refractivity contribution in [3.63, 3.8) is 0 Å². The molecule has 0 unspecified atom stereocenters. The molecule has 0 bridgehead atoms. The van der Waals surface area contributed by atoms with E-state index in [1.165, 1.54) is 0 Å². The third-order valence-corrected chi connectivity index (χ3v) is 2.71. The van der Waals surface area contributed by atoms with Crippen molar-refractivity contribution < 1.29 is 4.92 Å². The van der Waals surface area contributed by atoms with Crippen molar-refractivity contribution in [1.29, 1.82) is 0 Å². The number of aromatic amines is 1. The van der Waals surface area contributed by atoms with Crippen LogP contribution in [0.2, 0.25) is 0 Å². The second kappa shape index (κ2) is 3.98. The Kier molecular flexibility index (Phi) is 3.09. The van der Waals surface area contributed by atoms with Crippen LogP contribution in [0.3, 0.4) is 0 Å². The second-order valence-corrected chi connectivity index (χ2v) is 4.01. The van der Waals surface area contributed by atoms with Crippen LogP contribution < -0.4 is 5.56 Å². The van der Waals surface area contributed by atoms with Gasteiger partial charge in [0.2, 0.25) is 0 Å². The van der Waals surface area contributed by atoms with Gasteiger partial charge in [-0.2, -0.15) is 0 Å². The quantitative estimate of drug-likeness (QED) is 0.481. The lowest BCUT2D eigenvalue weighted by Gasteiger charge is -2.19. The Morgan fingerprint density at radius 3 is 2.73 bits per heavy atom. The molecule has 15 heavy (non-hydrogen) atoms. The van der Waals surface area contributed by atoms with Gasteiger partial charge in [0.1, 0.15) is 0 Å². The average molecular weight is 232 g/mol. The molecule has 0 saturated carbocycles. The molecule has 6 nitrogen and oxygen atoms in total. The van der Waals surface area contributed by atoms with Gasteiger partial charge in [0, 0.05) is 22.9 Å². The molecule has 1 aromatic rings. The van der Waals surface area contributed by atoms with Gasteiger partial charge in [0.25, 0.3) is 5.56 Å². The van der Waals surface area contributed by atoms with Crippen molar-refractivity contribution in [3.8, 4) is 0 Å². The number of aromatic nitrogens is 2. The van der Waals surface area contributed by atoms with E-state index in [1.54, 1.807) is 13.8 Å². The summed E-state index contributed by atoms with van der Waals surface area (Å²) < 4.78 is 0. The molecular weight excluding hydrogens is 222 g/mol. The average Bonchev–Trinajstić information content (AvgIpc) is 2.17. The fraction of sp³-hybridized carbons (Fsp3) is 0.500. The minimum atomic E-state index is -0.663. The molecule has 0 aliphatic heterocycles. The smallest absolute Gasteiger partial charge is 0.358 e. The maximum atomic E-state index is 11.4. The van der Waals surface area contributed by atoms with Crippen LogP contribution in [0.1, 0.15) is 19.4 Å². The molecule has 1 N–H and O–H groups in total. The normalized spacial score (nSPS) is 11.4. The number of hydrogen-bond donors (Lipinski definition) is 1. The molecule has 0 saturated heterocycles. The molecule has 0 amide bonds. The van der Waals surface area contributed by atoms with E-state index in [0.29, 0.717) is 0 Å². The monoisotopic (exact) mass is 231 g/mol. The Balaban J connectivity index is 3.35. The molecule has 1 aromatic heterocycles. The van der Waals surface area contributed by atoms with E-state index in [4.69, 9.17) is 11.6 Å². The van der Waals surface area contributed by atoms with Crippen molar-refractivity contribution in [2.24, 2.45) is 0 Å². The van der Waals surface area contributed by atoms with Crippen LogP contribution in [0, 0.1) is 10.1 Å². The highest BCUT2D eigenvalue weighted by Crippen LogP contribution is 2.22. The fourth-order valence-corrected chi connectivity index (χ4v) is 1.21. The van der Waals surface area contributed by atoms with Crippen LogP contribution in [0.5, 0.6) is 0 Å². The second-order valence-electron chi connectivity index (χ2n) is 3.74. The minimum Gasteiger partial charge on any atom is -0.358 e. The first-order valence-corrected chi connectivity index (χ1v) is 4.72. The molecule has 1 heterocycles. The number of nitrogens with one attached hydrogen (secondary N) is 1. The van der Waals surface area contributed by atoms with Crippen molar-refractivity contribution >= 4 is 17.4 Å². The Morgan fingerprint density at radius 1 is 1.67 bits per heavy atom. The fourth-order valence-electron chi connectivity index (χ4n) is 1.06. The number of hydrogen-bond acceptors (Lipinski definition) is 4. The van der Waals surface area contributed by atoms with Gasteiger partial charge < -0.3 is 10.1 Å². The molecule has 82 valence electrons. The largest absolute Gasteiger partial charge is 0.388 e. The lowest BCUT2D eigenvalue weighted by atomic mass is 9.88. The van der Waals surface area contributed by atoms with Crippen LogP contribution in [0.15, 0.2) is 10.9 Å². The minimum absolute atomic E-state index is 0.192. The summed E-state index contributed by atoms with van der Waals surface area (Å²) in [6, 6.07) is 1.15. The molecule has 0 radical (unpaired) electrons. The highest BCUT2D eigenvalue weighted by molar-refractivity contribution is 6.18. The summed E-state index contributed by atoms with van der Waals surface area (Å²) in [7, 11) is 0. The van der Waals surface area contributed by atoms with Gasteiger partial charge in [0.05, 0.1) is 5.10 Å². The molecule has 0 fully saturated rings. The zero-order valence-corrected chi connectivity index (χ0v) is 9.04. The van der Waals surface area contributed by atoms with Gasteiger partial charge in [0.15, 0.2) is 0 Å². The summed E-state index contributed by atoms with van der Waals surface area (Å²) in [6.07, 6.45) is 0. The number of H-pyrrole nitrogens is 1. The third kappa shape index (κ3) is 2.33. The summed E-state index contributed by atoms with van der Waals surface area (Å²) in [5, 5.41) is 15.9. The van der Waals surface area contributed by atoms with Crippen molar-refractivity contribution in [2.75, 3.05) is 5.88 Å². The van der Waals surface area contributed by atoms with Crippen LogP contribution >= 0.6 is 11.6 Å². The van der Waals surface area contributed by atoms with Gasteiger partial charge in [-0.1, -0.05) is 13.8 Å². The topological polar surface area (TPSA) is 88.9 Å².